The highest BCUT2D eigenvalue weighted by atomic mass is 35.5. The first-order chi connectivity index (χ1) is 16.9. The van der Waals surface area contributed by atoms with Crippen molar-refractivity contribution in [3.63, 3.8) is 0 Å². The van der Waals surface area contributed by atoms with Gasteiger partial charge in [-0.25, -0.2) is 9.37 Å². The number of halogens is 3. The van der Waals surface area contributed by atoms with Crippen LogP contribution in [0.5, 0.6) is 0 Å². The molecule has 1 saturated carbocycles. The third-order valence-electron chi connectivity index (χ3n) is 6.12. The van der Waals surface area contributed by atoms with Crippen molar-refractivity contribution in [2.75, 3.05) is 0 Å². The van der Waals surface area contributed by atoms with E-state index in [0.29, 0.717) is 28.7 Å². The van der Waals surface area contributed by atoms with Crippen LogP contribution in [-0.2, 0) is 6.54 Å². The molecule has 0 bridgehead atoms. The van der Waals surface area contributed by atoms with Crippen LogP contribution in [0.3, 0.4) is 0 Å². The van der Waals surface area contributed by atoms with Crippen LogP contribution in [0.4, 0.5) is 4.39 Å². The molecule has 0 saturated heterocycles. The Balaban J connectivity index is 1.10. The maximum atomic E-state index is 13.7. The number of benzene rings is 2. The van der Waals surface area contributed by atoms with E-state index in [2.05, 4.69) is 25.8 Å². The maximum absolute atomic E-state index is 13.7. The van der Waals surface area contributed by atoms with Crippen LogP contribution in [-0.4, -0.2) is 33.2 Å². The maximum Gasteiger partial charge on any atom is 0.270 e. The van der Waals surface area contributed by atoms with Crippen LogP contribution in [0.15, 0.2) is 52.9 Å². The summed E-state index contributed by atoms with van der Waals surface area (Å²) in [6.45, 7) is 0.412. The zero-order chi connectivity index (χ0) is 24.4. The number of pyridine rings is 1. The molecule has 35 heavy (non-hydrogen) atoms. The number of carbonyl (C=O) groups is 1. The van der Waals surface area contributed by atoms with Crippen molar-refractivity contribution in [3.05, 3.63) is 76.0 Å². The number of hydrogen-bond acceptors (Lipinski definition) is 6. The van der Waals surface area contributed by atoms with Gasteiger partial charge in [-0.2, -0.15) is 0 Å². The third-order valence-corrected chi connectivity index (χ3v) is 6.66. The summed E-state index contributed by atoms with van der Waals surface area (Å²) < 4.78 is 19.3. The van der Waals surface area contributed by atoms with Gasteiger partial charge in [0.05, 0.1) is 17.1 Å². The fourth-order valence-electron chi connectivity index (χ4n) is 4.23. The Morgan fingerprint density at radius 1 is 1.00 bits per heavy atom. The van der Waals surface area contributed by atoms with E-state index in [1.54, 1.807) is 18.2 Å². The summed E-state index contributed by atoms with van der Waals surface area (Å²) in [7, 11) is 0. The molecule has 0 atom stereocenters. The van der Waals surface area contributed by atoms with Gasteiger partial charge in [0.2, 0.25) is 11.8 Å². The second kappa shape index (κ2) is 10.3. The molecule has 2 heterocycles. The molecule has 0 radical (unpaired) electrons. The number of hydrogen-bond donors (Lipinski definition) is 2. The van der Waals surface area contributed by atoms with Crippen molar-refractivity contribution in [1.29, 1.82) is 0 Å². The molecular weight excluding hydrogens is 492 g/mol. The van der Waals surface area contributed by atoms with Gasteiger partial charge in [0.1, 0.15) is 11.5 Å². The van der Waals surface area contributed by atoms with Gasteiger partial charge in [0.25, 0.3) is 5.91 Å². The topological polar surface area (TPSA) is 92.9 Å². The minimum atomic E-state index is -0.535. The van der Waals surface area contributed by atoms with E-state index in [-0.39, 0.29) is 28.9 Å². The first-order valence-corrected chi connectivity index (χ1v) is 12.1. The lowest BCUT2D eigenvalue weighted by atomic mass is 9.91. The fourth-order valence-corrected chi connectivity index (χ4v) is 4.52. The minimum absolute atomic E-state index is 0.0424. The van der Waals surface area contributed by atoms with Crippen molar-refractivity contribution in [2.24, 2.45) is 0 Å². The summed E-state index contributed by atoms with van der Waals surface area (Å²) in [6.07, 6.45) is 3.51. The second-order valence-electron chi connectivity index (χ2n) is 8.57. The molecule has 1 aliphatic carbocycles. The highest BCUT2D eigenvalue weighted by Gasteiger charge is 2.23. The normalized spacial score (nSPS) is 18.0. The second-order valence-corrected chi connectivity index (χ2v) is 9.41. The van der Waals surface area contributed by atoms with Gasteiger partial charge in [0, 0.05) is 28.1 Å². The first kappa shape index (κ1) is 23.7. The van der Waals surface area contributed by atoms with Crippen LogP contribution >= 0.6 is 23.2 Å². The predicted octanol–water partition coefficient (Wildman–Crippen LogP) is 5.56. The number of fused-ring (bicyclic) bond motifs is 1. The first-order valence-electron chi connectivity index (χ1n) is 11.3. The molecule has 180 valence electrons. The molecule has 1 aliphatic rings. The Labute approximate surface area is 211 Å². The Morgan fingerprint density at radius 3 is 2.60 bits per heavy atom. The van der Waals surface area contributed by atoms with E-state index in [1.807, 2.05) is 18.2 Å². The molecule has 10 heteroatoms. The zero-order valence-corrected chi connectivity index (χ0v) is 20.1. The average Bonchev–Trinajstić information content (AvgIpc) is 3.34. The Bertz CT molecular complexity index is 1370. The molecule has 4 aromatic rings. The number of nitrogens with one attached hydrogen (secondary N) is 2. The van der Waals surface area contributed by atoms with E-state index >= 15 is 0 Å². The van der Waals surface area contributed by atoms with E-state index in [1.165, 1.54) is 12.1 Å². The highest BCUT2D eigenvalue weighted by molar-refractivity contribution is 6.31. The number of nitrogens with zero attached hydrogens (tertiary/aromatic N) is 3. The predicted molar refractivity (Wildman–Crippen MR) is 132 cm³/mol. The van der Waals surface area contributed by atoms with Gasteiger partial charge in [-0.05, 0) is 68.1 Å². The summed E-state index contributed by atoms with van der Waals surface area (Å²) >= 11 is 11.7. The Hall–Kier alpha value is -3.07. The van der Waals surface area contributed by atoms with Gasteiger partial charge < -0.3 is 15.1 Å². The quantitative estimate of drug-likeness (QED) is 0.350. The van der Waals surface area contributed by atoms with Crippen molar-refractivity contribution in [3.8, 4) is 11.5 Å². The molecule has 1 fully saturated rings. The van der Waals surface area contributed by atoms with Gasteiger partial charge >= 0.3 is 0 Å². The summed E-state index contributed by atoms with van der Waals surface area (Å²) in [6, 6.07) is 13.7. The lowest BCUT2D eigenvalue weighted by Crippen LogP contribution is -2.42. The SMILES string of the molecule is O=C(NC1CCC(NCc2nnc(-c3ccc(Cl)c(F)c3)o2)CC1)c1ccc2cc(Cl)ccc2n1. The van der Waals surface area contributed by atoms with Crippen molar-refractivity contribution in [2.45, 2.75) is 44.3 Å². The lowest BCUT2D eigenvalue weighted by molar-refractivity contribution is 0.0919. The van der Waals surface area contributed by atoms with E-state index < -0.39 is 5.82 Å². The largest absolute Gasteiger partial charge is 0.419 e. The summed E-state index contributed by atoms with van der Waals surface area (Å²) in [5.41, 5.74) is 1.61. The molecule has 1 amide bonds. The molecular formula is C25H22Cl2FN5O2. The molecule has 5 rings (SSSR count). The number of aromatic nitrogens is 3. The molecule has 2 aromatic carbocycles. The third kappa shape index (κ3) is 5.61. The molecule has 0 spiro atoms. The minimum Gasteiger partial charge on any atom is -0.419 e. The molecule has 0 unspecified atom stereocenters. The highest BCUT2D eigenvalue weighted by Crippen LogP contribution is 2.24. The smallest absolute Gasteiger partial charge is 0.270 e. The van der Waals surface area contributed by atoms with Gasteiger partial charge in [-0.15, -0.1) is 10.2 Å². The fraction of sp³-hybridized carbons (Fsp3) is 0.280. The molecule has 0 aliphatic heterocycles. The van der Waals surface area contributed by atoms with Crippen LogP contribution in [0.2, 0.25) is 10.0 Å². The summed E-state index contributed by atoms with van der Waals surface area (Å²) in [5, 5.41) is 16.1. The van der Waals surface area contributed by atoms with Crippen LogP contribution in [0, 0.1) is 5.82 Å². The van der Waals surface area contributed by atoms with Crippen molar-refractivity contribution >= 4 is 40.0 Å². The van der Waals surface area contributed by atoms with Crippen molar-refractivity contribution < 1.29 is 13.6 Å². The van der Waals surface area contributed by atoms with Gasteiger partial charge in [-0.3, -0.25) is 4.79 Å². The van der Waals surface area contributed by atoms with Gasteiger partial charge in [-0.1, -0.05) is 29.3 Å². The zero-order valence-electron chi connectivity index (χ0n) is 18.6. The lowest BCUT2D eigenvalue weighted by Gasteiger charge is -2.29. The van der Waals surface area contributed by atoms with E-state index in [4.69, 9.17) is 27.6 Å². The number of rotatable bonds is 6. The monoisotopic (exact) mass is 513 g/mol. The summed E-state index contributed by atoms with van der Waals surface area (Å²) in [4.78, 5) is 17.2. The Morgan fingerprint density at radius 2 is 1.80 bits per heavy atom. The van der Waals surface area contributed by atoms with E-state index in [0.717, 1.165) is 36.6 Å². The van der Waals surface area contributed by atoms with Gasteiger partial charge in [0.15, 0.2) is 0 Å². The average molecular weight is 514 g/mol. The molecule has 2 aromatic heterocycles. The standard InChI is InChI=1S/C25H22Cl2FN5O2/c26-16-3-10-21-14(11-16)2-9-22(31-21)24(34)30-18-6-4-17(5-7-18)29-13-23-32-33-25(35-23)15-1-8-19(27)20(28)12-15/h1-3,8-12,17-18,29H,4-7,13H2,(H,30,34). The number of carbonyl (C=O) groups excluding carboxylic acids is 1. The van der Waals surface area contributed by atoms with Crippen LogP contribution in [0.25, 0.3) is 22.4 Å². The molecule has 2 N–H and O–H groups in total. The van der Waals surface area contributed by atoms with Crippen LogP contribution < -0.4 is 10.6 Å². The van der Waals surface area contributed by atoms with Crippen molar-refractivity contribution in [1.82, 2.24) is 25.8 Å². The molecule has 7 nitrogen and oxygen atoms in total. The number of amides is 1. The van der Waals surface area contributed by atoms with Crippen LogP contribution in [0.1, 0.15) is 42.1 Å². The summed E-state index contributed by atoms with van der Waals surface area (Å²) in [5.74, 6) is -0.0360. The van der Waals surface area contributed by atoms with E-state index in [9.17, 15) is 9.18 Å². The Kier molecular flexibility index (Phi) is 6.95.